The fraction of sp³-hybridized carbons (Fsp3) is 0.300. The van der Waals surface area contributed by atoms with E-state index < -0.39 is 0 Å². The molecule has 2 heterocycles. The Morgan fingerprint density at radius 3 is 3.00 bits per heavy atom. The molecule has 74 valence electrons. The van der Waals surface area contributed by atoms with Gasteiger partial charge >= 0.3 is 0 Å². The summed E-state index contributed by atoms with van der Waals surface area (Å²) in [6.07, 6.45) is 2.48. The molecule has 1 saturated heterocycles. The lowest BCUT2D eigenvalue weighted by Gasteiger charge is -2.18. The molecule has 0 aromatic carbocycles. The zero-order chi connectivity index (χ0) is 9.97. The number of nitrogens with zero attached hydrogens (tertiary/aromatic N) is 2. The van der Waals surface area contributed by atoms with Crippen LogP contribution in [0, 0.1) is 0 Å². The van der Waals surface area contributed by atoms with Crippen LogP contribution < -0.4 is 0 Å². The van der Waals surface area contributed by atoms with Gasteiger partial charge in [0.2, 0.25) is 6.41 Å². The lowest BCUT2D eigenvalue weighted by atomic mass is 10.3. The predicted octanol–water partition coefficient (Wildman–Crippen LogP) is 0.982. The Hall–Kier alpha value is -1.71. The monoisotopic (exact) mass is 192 g/mol. The second-order valence-corrected chi connectivity index (χ2v) is 3.25. The zero-order valence-corrected chi connectivity index (χ0v) is 7.85. The van der Waals surface area contributed by atoms with E-state index in [1.165, 1.54) is 0 Å². The van der Waals surface area contributed by atoms with Crippen LogP contribution in [-0.2, 0) is 4.79 Å². The molecule has 14 heavy (non-hydrogen) atoms. The van der Waals surface area contributed by atoms with E-state index in [2.05, 4.69) is 6.58 Å². The van der Waals surface area contributed by atoms with E-state index in [0.29, 0.717) is 6.67 Å². The van der Waals surface area contributed by atoms with E-state index in [1.807, 2.05) is 17.0 Å². The second-order valence-electron chi connectivity index (χ2n) is 3.25. The molecule has 2 rings (SSSR count). The number of carbonyl (C=O) groups is 1. The molecule has 1 aromatic rings. The molecule has 1 aromatic heterocycles. The molecule has 1 aliphatic heterocycles. The van der Waals surface area contributed by atoms with Gasteiger partial charge in [-0.15, -0.1) is 0 Å². The van der Waals surface area contributed by atoms with Gasteiger partial charge in [0, 0.05) is 13.1 Å². The summed E-state index contributed by atoms with van der Waals surface area (Å²) < 4.78 is 5.23. The topological polar surface area (TPSA) is 36.7 Å². The van der Waals surface area contributed by atoms with Gasteiger partial charge in [-0.2, -0.15) is 0 Å². The molecule has 0 N–H and O–H groups in total. The molecule has 1 fully saturated rings. The minimum atomic E-state index is 0.600. The van der Waals surface area contributed by atoms with Crippen LogP contribution >= 0.6 is 0 Å². The van der Waals surface area contributed by atoms with Crippen molar-refractivity contribution < 1.29 is 9.21 Å². The highest BCUT2D eigenvalue weighted by molar-refractivity contribution is 5.58. The molecule has 0 atom stereocenters. The summed E-state index contributed by atoms with van der Waals surface area (Å²) in [7, 11) is 0. The third kappa shape index (κ3) is 1.51. The molecule has 0 radical (unpaired) electrons. The summed E-state index contributed by atoms with van der Waals surface area (Å²) in [6, 6.07) is 3.69. The first-order chi connectivity index (χ1) is 6.81. The normalized spacial score (nSPS) is 16.0. The summed E-state index contributed by atoms with van der Waals surface area (Å²) in [5, 5.41) is 0. The first-order valence-corrected chi connectivity index (χ1v) is 4.48. The molecule has 0 spiro atoms. The van der Waals surface area contributed by atoms with Crippen molar-refractivity contribution in [1.29, 1.82) is 0 Å². The lowest BCUT2D eigenvalue weighted by molar-refractivity contribution is -0.117. The number of hydrogen-bond acceptors (Lipinski definition) is 3. The molecular weight excluding hydrogens is 180 g/mol. The average Bonchev–Trinajstić information content (AvgIpc) is 2.88. The molecule has 0 aliphatic carbocycles. The smallest absolute Gasteiger partial charge is 0.211 e. The Morgan fingerprint density at radius 1 is 1.57 bits per heavy atom. The first kappa shape index (κ1) is 8.87. The third-order valence-corrected chi connectivity index (χ3v) is 2.35. The number of rotatable bonds is 3. The Balaban J connectivity index is 2.04. The molecule has 0 unspecified atom stereocenters. The van der Waals surface area contributed by atoms with Gasteiger partial charge in [-0.3, -0.25) is 4.79 Å². The van der Waals surface area contributed by atoms with Gasteiger partial charge in [0.05, 0.1) is 18.6 Å². The standard InChI is InChI=1S/C10H12N2O2/c1-9(10-3-2-6-14-10)12-5-4-11(7-12)8-13/h2-3,6,8H,1,4-5,7H2. The maximum Gasteiger partial charge on any atom is 0.211 e. The number of hydrogen-bond donors (Lipinski definition) is 0. The maximum atomic E-state index is 10.5. The van der Waals surface area contributed by atoms with Gasteiger partial charge in [0.15, 0.2) is 0 Å². The van der Waals surface area contributed by atoms with Crippen molar-refractivity contribution in [2.45, 2.75) is 0 Å². The minimum Gasteiger partial charge on any atom is -0.463 e. The highest BCUT2D eigenvalue weighted by Gasteiger charge is 2.20. The minimum absolute atomic E-state index is 0.600. The highest BCUT2D eigenvalue weighted by Crippen LogP contribution is 2.20. The largest absolute Gasteiger partial charge is 0.463 e. The van der Waals surface area contributed by atoms with E-state index in [-0.39, 0.29) is 0 Å². The van der Waals surface area contributed by atoms with Gasteiger partial charge in [0.1, 0.15) is 5.76 Å². The van der Waals surface area contributed by atoms with Crippen molar-refractivity contribution in [1.82, 2.24) is 9.80 Å². The molecular formula is C10H12N2O2. The number of carbonyl (C=O) groups excluding carboxylic acids is 1. The molecule has 4 heteroatoms. The van der Waals surface area contributed by atoms with Crippen molar-refractivity contribution >= 4 is 12.1 Å². The van der Waals surface area contributed by atoms with Gasteiger partial charge in [-0.1, -0.05) is 6.58 Å². The van der Waals surface area contributed by atoms with Crippen LogP contribution in [0.15, 0.2) is 29.4 Å². The van der Waals surface area contributed by atoms with Gasteiger partial charge in [-0.25, -0.2) is 0 Å². The SMILES string of the molecule is C=C(c1ccco1)N1CCN(C=O)C1. The fourth-order valence-electron chi connectivity index (χ4n) is 1.51. The van der Waals surface area contributed by atoms with Crippen LogP contribution in [0.3, 0.4) is 0 Å². The van der Waals surface area contributed by atoms with E-state index in [4.69, 9.17) is 4.42 Å². The maximum absolute atomic E-state index is 10.5. The van der Waals surface area contributed by atoms with Crippen molar-refractivity contribution in [2.75, 3.05) is 19.8 Å². The van der Waals surface area contributed by atoms with Crippen LogP contribution in [-0.4, -0.2) is 36.0 Å². The quantitative estimate of drug-likeness (QED) is 0.670. The highest BCUT2D eigenvalue weighted by atomic mass is 16.3. The summed E-state index contributed by atoms with van der Waals surface area (Å²) in [6.45, 7) is 6.11. The third-order valence-electron chi connectivity index (χ3n) is 2.35. The number of furan rings is 1. The average molecular weight is 192 g/mol. The second kappa shape index (κ2) is 3.57. The molecule has 0 saturated carbocycles. The van der Waals surface area contributed by atoms with Crippen molar-refractivity contribution in [2.24, 2.45) is 0 Å². The molecule has 0 bridgehead atoms. The Labute approximate surface area is 82.4 Å². The lowest BCUT2D eigenvalue weighted by Crippen LogP contribution is -2.22. The van der Waals surface area contributed by atoms with Crippen LogP contribution in [0.2, 0.25) is 0 Å². The van der Waals surface area contributed by atoms with E-state index in [0.717, 1.165) is 31.0 Å². The number of amides is 1. The van der Waals surface area contributed by atoms with Gasteiger partial charge in [-0.05, 0) is 12.1 Å². The van der Waals surface area contributed by atoms with Crippen molar-refractivity contribution in [3.8, 4) is 0 Å². The van der Waals surface area contributed by atoms with Crippen molar-refractivity contribution in [3.05, 3.63) is 30.7 Å². The van der Waals surface area contributed by atoms with Crippen molar-refractivity contribution in [3.63, 3.8) is 0 Å². The van der Waals surface area contributed by atoms with Gasteiger partial charge in [0.25, 0.3) is 0 Å². The van der Waals surface area contributed by atoms with Crippen LogP contribution in [0.1, 0.15) is 5.76 Å². The Morgan fingerprint density at radius 2 is 2.43 bits per heavy atom. The van der Waals surface area contributed by atoms with Crippen LogP contribution in [0.4, 0.5) is 0 Å². The van der Waals surface area contributed by atoms with Crippen LogP contribution in [0.25, 0.3) is 5.70 Å². The summed E-state index contributed by atoms with van der Waals surface area (Å²) in [5.74, 6) is 0.762. The van der Waals surface area contributed by atoms with Crippen LogP contribution in [0.5, 0.6) is 0 Å². The fourth-order valence-corrected chi connectivity index (χ4v) is 1.51. The van der Waals surface area contributed by atoms with E-state index >= 15 is 0 Å². The summed E-state index contributed by atoms with van der Waals surface area (Å²) in [5.41, 5.74) is 0.833. The Bertz CT molecular complexity index is 332. The Kier molecular flexibility index (Phi) is 2.26. The predicted molar refractivity (Wildman–Crippen MR) is 52.1 cm³/mol. The van der Waals surface area contributed by atoms with E-state index in [1.54, 1.807) is 11.2 Å². The molecule has 1 aliphatic rings. The zero-order valence-electron chi connectivity index (χ0n) is 7.85. The first-order valence-electron chi connectivity index (χ1n) is 4.48. The molecule has 1 amide bonds. The van der Waals surface area contributed by atoms with E-state index in [9.17, 15) is 4.79 Å². The summed E-state index contributed by atoms with van der Waals surface area (Å²) in [4.78, 5) is 14.2. The molecule has 4 nitrogen and oxygen atoms in total. The van der Waals surface area contributed by atoms with Gasteiger partial charge < -0.3 is 14.2 Å². The summed E-state index contributed by atoms with van der Waals surface area (Å²) >= 11 is 0.